The van der Waals surface area contributed by atoms with E-state index in [0.717, 1.165) is 11.1 Å². The van der Waals surface area contributed by atoms with Gasteiger partial charge in [0, 0.05) is 27.3 Å². The van der Waals surface area contributed by atoms with E-state index in [1.54, 1.807) is 0 Å². The van der Waals surface area contributed by atoms with Gasteiger partial charge in [0.2, 0.25) is 0 Å². The van der Waals surface area contributed by atoms with E-state index in [9.17, 15) is 0 Å². The first-order chi connectivity index (χ1) is 7.88. The molecule has 0 amide bonds. The predicted molar refractivity (Wildman–Crippen MR) is 70.7 cm³/mol. The van der Waals surface area contributed by atoms with Crippen LogP contribution in [0.25, 0.3) is 27.9 Å². The van der Waals surface area contributed by atoms with Crippen molar-refractivity contribution >= 4 is 39.5 Å². The van der Waals surface area contributed by atoms with Crippen LogP contribution in [0.2, 0.25) is 0 Å². The number of aromatic amines is 1. The van der Waals surface area contributed by atoms with Crippen LogP contribution < -0.4 is 0 Å². The molecule has 0 spiro atoms. The van der Waals surface area contributed by atoms with E-state index < -0.39 is 0 Å². The molecule has 1 heterocycles. The number of H-pyrrole nitrogens is 1. The summed E-state index contributed by atoms with van der Waals surface area (Å²) in [7, 11) is 0. The summed E-state index contributed by atoms with van der Waals surface area (Å²) in [6.07, 6.45) is 1.89. The Balaban J connectivity index is 2.39. The summed E-state index contributed by atoms with van der Waals surface area (Å²) in [5, 5.41) is 2.49. The highest BCUT2D eigenvalue weighted by Gasteiger charge is 2.02. The van der Waals surface area contributed by atoms with Gasteiger partial charge in [-0.1, -0.05) is 35.9 Å². The topological polar surface area (TPSA) is 15.8 Å². The first kappa shape index (κ1) is 9.49. The van der Waals surface area contributed by atoms with Crippen LogP contribution in [-0.2, 0) is 0 Å². The van der Waals surface area contributed by atoms with Gasteiger partial charge in [-0.2, -0.15) is 0 Å². The Kier molecular flexibility index (Phi) is 2.19. The minimum Gasteiger partial charge on any atom is -0.355 e. The van der Waals surface area contributed by atoms with Gasteiger partial charge < -0.3 is 4.98 Å². The van der Waals surface area contributed by atoms with Crippen molar-refractivity contribution in [2.45, 2.75) is 0 Å². The summed E-state index contributed by atoms with van der Waals surface area (Å²) in [6.45, 7) is 0. The number of halogens is 1. The van der Waals surface area contributed by atoms with Gasteiger partial charge >= 0.3 is 0 Å². The second-order valence-corrected chi connectivity index (χ2v) is 4.02. The molecule has 1 nitrogen and oxygen atoms in total. The lowest BCUT2D eigenvalue weighted by Gasteiger charge is -1.94. The zero-order valence-corrected chi connectivity index (χ0v) is 9.33. The average Bonchev–Trinajstić information content (AvgIpc) is 2.68. The van der Waals surface area contributed by atoms with Gasteiger partial charge in [0.15, 0.2) is 0 Å². The summed E-state index contributed by atoms with van der Waals surface area (Å²) in [5.41, 5.74) is 4.99. The molecule has 0 atom stereocenters. The smallest absolute Gasteiger partial charge is 0.0465 e. The third-order valence-electron chi connectivity index (χ3n) is 2.79. The van der Waals surface area contributed by atoms with Crippen LogP contribution in [0.5, 0.6) is 0 Å². The van der Waals surface area contributed by atoms with E-state index in [-0.39, 0.29) is 0 Å². The molecule has 0 aliphatic heterocycles. The Hall–Kier alpha value is -1.73. The molecule has 0 aliphatic rings. The fourth-order valence-electron chi connectivity index (χ4n) is 2.04. The number of hydrogen-bond acceptors (Lipinski definition) is 0. The maximum Gasteiger partial charge on any atom is 0.0465 e. The van der Waals surface area contributed by atoms with Crippen molar-refractivity contribution < 1.29 is 0 Å². The Morgan fingerprint density at radius 3 is 2.62 bits per heavy atom. The molecule has 3 rings (SSSR count). The normalized spacial score (nSPS) is 11.8. The number of aromatic nitrogens is 1. The number of hydrogen-bond donors (Lipinski definition) is 1. The molecule has 1 aromatic heterocycles. The highest BCUT2D eigenvalue weighted by molar-refractivity contribution is 6.27. The molecule has 0 saturated heterocycles. The van der Waals surface area contributed by atoms with E-state index >= 15 is 0 Å². The zero-order chi connectivity index (χ0) is 11.0. The van der Waals surface area contributed by atoms with Gasteiger partial charge in [0.25, 0.3) is 0 Å². The zero-order valence-electron chi connectivity index (χ0n) is 8.57. The molecule has 0 unspecified atom stereocenters. The van der Waals surface area contributed by atoms with Gasteiger partial charge in [0.1, 0.15) is 0 Å². The predicted octanol–water partition coefficient (Wildman–Crippen LogP) is 4.53. The van der Waals surface area contributed by atoms with E-state index in [1.807, 2.05) is 12.1 Å². The number of benzene rings is 2. The first-order valence-corrected chi connectivity index (χ1v) is 5.59. The van der Waals surface area contributed by atoms with Gasteiger partial charge in [0.05, 0.1) is 0 Å². The number of nitrogens with one attached hydrogen (secondary N) is 1. The van der Waals surface area contributed by atoms with E-state index in [4.69, 9.17) is 11.6 Å². The van der Waals surface area contributed by atoms with E-state index in [2.05, 4.69) is 41.4 Å². The van der Waals surface area contributed by atoms with Gasteiger partial charge in [-0.15, -0.1) is 0 Å². The van der Waals surface area contributed by atoms with E-state index in [1.165, 1.54) is 21.8 Å². The summed E-state index contributed by atoms with van der Waals surface area (Å²) < 4.78 is 0. The minimum atomic E-state index is 1.12. The van der Waals surface area contributed by atoms with Crippen molar-refractivity contribution in [1.82, 2.24) is 4.98 Å². The molecule has 3 aromatic rings. The maximum atomic E-state index is 5.59. The fraction of sp³-hybridized carbons (Fsp3) is 0. The Morgan fingerprint density at radius 1 is 0.938 bits per heavy atom. The molecule has 0 aliphatic carbocycles. The molecule has 2 heteroatoms. The van der Waals surface area contributed by atoms with Gasteiger partial charge in [-0.05, 0) is 29.8 Å². The largest absolute Gasteiger partial charge is 0.355 e. The summed E-state index contributed by atoms with van der Waals surface area (Å²) in [6, 6.07) is 14.6. The molecule has 2 aromatic carbocycles. The van der Waals surface area contributed by atoms with Crippen molar-refractivity contribution in [3.8, 4) is 0 Å². The van der Waals surface area contributed by atoms with Crippen LogP contribution in [0, 0.1) is 0 Å². The fourth-order valence-corrected chi connectivity index (χ4v) is 2.19. The number of fused-ring (bicyclic) bond motifs is 3. The number of para-hydroxylation sites is 1. The first-order valence-electron chi connectivity index (χ1n) is 5.16. The molecule has 0 bridgehead atoms. The third-order valence-corrected chi connectivity index (χ3v) is 2.91. The molecule has 1 N–H and O–H groups in total. The highest BCUT2D eigenvalue weighted by atomic mass is 35.5. The number of rotatable bonds is 1. The quantitative estimate of drug-likeness (QED) is 0.629. The maximum absolute atomic E-state index is 5.59. The van der Waals surface area contributed by atoms with Crippen LogP contribution in [-0.4, -0.2) is 4.98 Å². The molecule has 78 valence electrons. The van der Waals surface area contributed by atoms with Gasteiger partial charge in [-0.3, -0.25) is 0 Å². The lowest BCUT2D eigenvalue weighted by Crippen LogP contribution is -1.71. The molecule has 0 saturated carbocycles. The summed E-state index contributed by atoms with van der Waals surface area (Å²) >= 11 is 5.59. The van der Waals surface area contributed by atoms with Crippen LogP contribution >= 0.6 is 11.6 Å². The van der Waals surface area contributed by atoms with Gasteiger partial charge in [-0.25, -0.2) is 0 Å². The Labute approximate surface area is 98.3 Å². The summed E-state index contributed by atoms with van der Waals surface area (Å²) in [4.78, 5) is 3.39. The van der Waals surface area contributed by atoms with Crippen LogP contribution in [0.15, 0.2) is 48.0 Å². The monoisotopic (exact) mass is 227 g/mol. The lowest BCUT2D eigenvalue weighted by molar-refractivity contribution is 1.54. The SMILES string of the molecule is ClC=Cc1ccc2[nH]c3ccccc3c2c1. The molecule has 0 radical (unpaired) electrons. The van der Waals surface area contributed by atoms with Crippen molar-refractivity contribution in [3.05, 3.63) is 53.6 Å². The van der Waals surface area contributed by atoms with Crippen LogP contribution in [0.3, 0.4) is 0 Å². The van der Waals surface area contributed by atoms with Crippen LogP contribution in [0.1, 0.15) is 5.56 Å². The molecular weight excluding hydrogens is 218 g/mol. The standard InChI is InChI=1S/C14H10ClN/c15-8-7-10-5-6-14-12(9-10)11-3-1-2-4-13(11)16-14/h1-9,16H. The Bertz CT molecular complexity index is 679. The van der Waals surface area contributed by atoms with Crippen LogP contribution in [0.4, 0.5) is 0 Å². The molecule has 16 heavy (non-hydrogen) atoms. The van der Waals surface area contributed by atoms with Crippen molar-refractivity contribution in [2.24, 2.45) is 0 Å². The summed E-state index contributed by atoms with van der Waals surface area (Å²) in [5.74, 6) is 0. The molecular formula is C14H10ClN. The van der Waals surface area contributed by atoms with Crippen molar-refractivity contribution in [2.75, 3.05) is 0 Å². The second-order valence-electron chi connectivity index (χ2n) is 3.77. The average molecular weight is 228 g/mol. The van der Waals surface area contributed by atoms with Crippen molar-refractivity contribution in [1.29, 1.82) is 0 Å². The third kappa shape index (κ3) is 1.41. The van der Waals surface area contributed by atoms with Crippen molar-refractivity contribution in [3.63, 3.8) is 0 Å². The molecule has 0 fully saturated rings. The lowest BCUT2D eigenvalue weighted by atomic mass is 10.1. The highest BCUT2D eigenvalue weighted by Crippen LogP contribution is 2.26. The van der Waals surface area contributed by atoms with E-state index in [0.29, 0.717) is 0 Å². The minimum absolute atomic E-state index is 1.12. The second kappa shape index (κ2) is 3.69. The Morgan fingerprint density at radius 2 is 1.75 bits per heavy atom.